The van der Waals surface area contributed by atoms with Crippen molar-refractivity contribution >= 4 is 11.9 Å². The number of esters is 2. The number of hydrogen-bond acceptors (Lipinski definition) is 11. The lowest BCUT2D eigenvalue weighted by Crippen LogP contribution is -2.61. The Morgan fingerprint density at radius 1 is 0.830 bits per heavy atom. The minimum Gasteiger partial charge on any atom is -0.459 e. The van der Waals surface area contributed by atoms with Crippen LogP contribution in [0, 0.1) is 29.6 Å². The highest BCUT2D eigenvalue weighted by Crippen LogP contribution is 2.43. The Morgan fingerprint density at radius 2 is 1.49 bits per heavy atom. The maximum absolute atomic E-state index is 13.5. The SMILES string of the molecule is CCCC[C@@H]1CC(N=[N+]=[N-])[C@@H](O[C@H]2OC(C(C)C)[C@@H](C)[C@H](C)C2N=[N+]=[N-])[C@H](O[C@@H]2O[C@H]([C@H](C)N=[N+]=[N-])C(C)C2OC(=O)c2ccccc2)C1OC(C)=O. The van der Waals surface area contributed by atoms with Gasteiger partial charge in [-0.15, -0.1) is 0 Å². The molecule has 3 aliphatic rings. The minimum absolute atomic E-state index is 0.0207. The van der Waals surface area contributed by atoms with Crippen LogP contribution in [0.15, 0.2) is 45.7 Å². The number of rotatable bonds is 15. The molecule has 0 radical (unpaired) electrons. The fraction of sp³-hybridized carbons (Fsp3) is 0.778. The lowest BCUT2D eigenvalue weighted by molar-refractivity contribution is -0.304. The molecule has 4 rings (SSSR count). The van der Waals surface area contributed by atoms with E-state index in [9.17, 15) is 26.2 Å². The summed E-state index contributed by atoms with van der Waals surface area (Å²) in [6, 6.07) is 6.21. The van der Waals surface area contributed by atoms with Crippen LogP contribution in [0.5, 0.6) is 0 Å². The largest absolute Gasteiger partial charge is 0.459 e. The number of ether oxygens (including phenoxy) is 6. The topological polar surface area (TPSA) is 236 Å². The van der Waals surface area contributed by atoms with Crippen LogP contribution in [0.2, 0.25) is 0 Å². The molecule has 1 aliphatic carbocycles. The molecule has 0 spiro atoms. The molecule has 15 atom stereocenters. The van der Waals surface area contributed by atoms with E-state index in [2.05, 4.69) is 30.1 Å². The van der Waals surface area contributed by atoms with E-state index >= 15 is 0 Å². The highest BCUT2D eigenvalue weighted by atomic mass is 16.7. The number of carbonyl (C=O) groups excluding carboxylic acids is 2. The summed E-state index contributed by atoms with van der Waals surface area (Å²) < 4.78 is 38.7. The lowest BCUT2D eigenvalue weighted by Gasteiger charge is -2.49. The van der Waals surface area contributed by atoms with Crippen molar-refractivity contribution in [2.24, 2.45) is 44.9 Å². The van der Waals surface area contributed by atoms with Gasteiger partial charge in [-0.3, -0.25) is 4.79 Å². The first-order valence-corrected chi connectivity index (χ1v) is 18.5. The summed E-state index contributed by atoms with van der Waals surface area (Å²) in [5, 5.41) is 12.1. The zero-order valence-corrected chi connectivity index (χ0v) is 31.7. The predicted molar refractivity (Wildman–Crippen MR) is 193 cm³/mol. The van der Waals surface area contributed by atoms with Crippen molar-refractivity contribution in [2.75, 3.05) is 0 Å². The number of nitrogens with zero attached hydrogens (tertiary/aromatic N) is 9. The van der Waals surface area contributed by atoms with Crippen LogP contribution in [-0.4, -0.2) is 79.3 Å². The van der Waals surface area contributed by atoms with Crippen molar-refractivity contribution in [3.05, 3.63) is 67.2 Å². The molecule has 1 aromatic carbocycles. The average molecular weight is 740 g/mol. The average Bonchev–Trinajstić information content (AvgIpc) is 3.43. The quantitative estimate of drug-likeness (QED) is 0.0733. The molecule has 0 N–H and O–H groups in total. The van der Waals surface area contributed by atoms with Crippen molar-refractivity contribution in [2.45, 2.75) is 148 Å². The first-order valence-electron chi connectivity index (χ1n) is 18.5. The summed E-state index contributed by atoms with van der Waals surface area (Å²) in [6.07, 6.45) is -4.91. The third kappa shape index (κ3) is 9.93. The minimum atomic E-state index is -1.26. The zero-order valence-electron chi connectivity index (χ0n) is 31.7. The normalized spacial score (nSPS) is 35.9. The Hall–Kier alpha value is -4.07. The zero-order chi connectivity index (χ0) is 38.8. The van der Waals surface area contributed by atoms with Crippen LogP contribution in [0.3, 0.4) is 0 Å². The summed E-state index contributed by atoms with van der Waals surface area (Å²) >= 11 is 0. The molecule has 1 saturated carbocycles. The Morgan fingerprint density at radius 3 is 2.09 bits per heavy atom. The Bertz CT molecular complexity index is 1530. The summed E-state index contributed by atoms with van der Waals surface area (Å²) in [7, 11) is 0. The molecule has 2 heterocycles. The van der Waals surface area contributed by atoms with Gasteiger partial charge in [0.05, 0.1) is 42.0 Å². The molecule has 2 saturated heterocycles. The fourth-order valence-corrected chi connectivity index (χ4v) is 8.01. The first-order chi connectivity index (χ1) is 25.4. The molecule has 290 valence electrons. The monoisotopic (exact) mass is 739 g/mol. The maximum Gasteiger partial charge on any atom is 0.338 e. The predicted octanol–water partition coefficient (Wildman–Crippen LogP) is 8.19. The molecule has 3 fully saturated rings. The van der Waals surface area contributed by atoms with E-state index in [1.807, 2.05) is 34.6 Å². The molecule has 0 bridgehead atoms. The molecule has 1 aromatic rings. The molecular weight excluding hydrogens is 686 g/mol. The summed E-state index contributed by atoms with van der Waals surface area (Å²) in [6.45, 7) is 14.9. The van der Waals surface area contributed by atoms with Crippen LogP contribution in [0.4, 0.5) is 0 Å². The van der Waals surface area contributed by atoms with Gasteiger partial charge in [-0.25, -0.2) is 4.79 Å². The van der Waals surface area contributed by atoms with Crippen LogP contribution >= 0.6 is 0 Å². The van der Waals surface area contributed by atoms with E-state index in [1.54, 1.807) is 44.2 Å². The van der Waals surface area contributed by atoms with Gasteiger partial charge in [0.15, 0.2) is 18.7 Å². The van der Waals surface area contributed by atoms with Gasteiger partial charge in [0.1, 0.15) is 12.2 Å². The van der Waals surface area contributed by atoms with Crippen molar-refractivity contribution < 1.29 is 38.0 Å². The molecule has 2 aliphatic heterocycles. The van der Waals surface area contributed by atoms with Crippen molar-refractivity contribution in [1.82, 2.24) is 0 Å². The van der Waals surface area contributed by atoms with Crippen molar-refractivity contribution in [3.8, 4) is 0 Å². The van der Waals surface area contributed by atoms with Crippen LogP contribution < -0.4 is 0 Å². The van der Waals surface area contributed by atoms with Gasteiger partial charge in [0.25, 0.3) is 0 Å². The van der Waals surface area contributed by atoms with Gasteiger partial charge in [-0.2, -0.15) is 0 Å². The second kappa shape index (κ2) is 19.3. The summed E-state index contributed by atoms with van der Waals surface area (Å²) in [5.41, 5.74) is 28.9. The van der Waals surface area contributed by atoms with Gasteiger partial charge >= 0.3 is 11.9 Å². The first kappa shape index (κ1) is 41.7. The van der Waals surface area contributed by atoms with Crippen molar-refractivity contribution in [3.63, 3.8) is 0 Å². The highest BCUT2D eigenvalue weighted by molar-refractivity contribution is 5.89. The standard InChI is InChI=1S/C36H53N9O8/c1-9-10-14-25-17-26(41-44-38)32(52-35-27(42-45-39)19(4)20(5)28(50-35)18(2)3)33(31(25)48-23(8)46)53-36-30(21(6)29(51-36)22(7)40-43-37)49-34(47)24-15-12-11-13-16-24/h11-13,15-16,18-22,25-33,35-36H,9-10,14,17H2,1-8H3/t19-,20-,21?,22-,25+,26?,27?,28?,29-,30?,31?,32+,33+,35+,36-/m0/s1. The van der Waals surface area contributed by atoms with E-state index in [0.717, 1.165) is 12.8 Å². The molecule has 6 unspecified atom stereocenters. The second-order valence-corrected chi connectivity index (χ2v) is 14.8. The molecule has 17 heteroatoms. The Balaban J connectivity index is 1.82. The molecule has 53 heavy (non-hydrogen) atoms. The number of benzene rings is 1. The lowest BCUT2D eigenvalue weighted by atomic mass is 9.76. The number of azide groups is 3. The summed E-state index contributed by atoms with van der Waals surface area (Å²) in [4.78, 5) is 35.4. The fourth-order valence-electron chi connectivity index (χ4n) is 8.01. The van der Waals surface area contributed by atoms with E-state index in [1.165, 1.54) is 6.92 Å². The molecule has 0 aromatic heterocycles. The van der Waals surface area contributed by atoms with E-state index < -0.39 is 79.1 Å². The van der Waals surface area contributed by atoms with Crippen LogP contribution in [0.1, 0.15) is 91.4 Å². The van der Waals surface area contributed by atoms with Gasteiger partial charge in [-0.05, 0) is 65.2 Å². The molecule has 17 nitrogen and oxygen atoms in total. The third-order valence-electron chi connectivity index (χ3n) is 10.9. The van der Waals surface area contributed by atoms with Crippen LogP contribution in [-0.2, 0) is 33.2 Å². The number of unbranched alkanes of at least 4 members (excludes halogenated alkanes) is 1. The molecular formula is C36H53N9O8. The molecule has 0 amide bonds. The van der Waals surface area contributed by atoms with Gasteiger partial charge in [-0.1, -0.05) is 94.8 Å². The highest BCUT2D eigenvalue weighted by Gasteiger charge is 2.55. The maximum atomic E-state index is 13.5. The third-order valence-corrected chi connectivity index (χ3v) is 10.9. The number of carbonyl (C=O) groups is 2. The Labute approximate surface area is 310 Å². The summed E-state index contributed by atoms with van der Waals surface area (Å²) in [5.74, 6) is -2.05. The Kier molecular flexibility index (Phi) is 15.2. The number of hydrogen-bond donors (Lipinski definition) is 0. The van der Waals surface area contributed by atoms with Gasteiger partial charge in [0, 0.05) is 27.6 Å². The van der Waals surface area contributed by atoms with Gasteiger partial charge < -0.3 is 28.4 Å². The second-order valence-electron chi connectivity index (χ2n) is 14.8. The smallest absolute Gasteiger partial charge is 0.338 e. The van der Waals surface area contributed by atoms with E-state index in [4.69, 9.17) is 28.4 Å². The van der Waals surface area contributed by atoms with E-state index in [-0.39, 0.29) is 29.8 Å². The van der Waals surface area contributed by atoms with Gasteiger partial charge in [0.2, 0.25) is 0 Å². The van der Waals surface area contributed by atoms with E-state index in [0.29, 0.717) is 18.4 Å². The van der Waals surface area contributed by atoms with Crippen molar-refractivity contribution in [1.29, 1.82) is 0 Å². The van der Waals surface area contributed by atoms with Crippen LogP contribution in [0.25, 0.3) is 31.3 Å².